The predicted octanol–water partition coefficient (Wildman–Crippen LogP) is 5.38. The van der Waals surface area contributed by atoms with E-state index in [1.54, 1.807) is 0 Å². The van der Waals surface area contributed by atoms with Gasteiger partial charge in [-0.15, -0.1) is 0 Å². The summed E-state index contributed by atoms with van der Waals surface area (Å²) in [5.74, 6) is 0.892. The van der Waals surface area contributed by atoms with Crippen molar-refractivity contribution in [3.8, 4) is 0 Å². The van der Waals surface area contributed by atoms with Crippen molar-refractivity contribution in [1.29, 1.82) is 0 Å². The molecule has 0 spiro atoms. The van der Waals surface area contributed by atoms with E-state index in [0.717, 1.165) is 5.76 Å². The minimum atomic E-state index is -2.43. The molecule has 0 atom stereocenters. The molecule has 0 radical (unpaired) electrons. The summed E-state index contributed by atoms with van der Waals surface area (Å²) < 4.78 is 23.3. The van der Waals surface area contributed by atoms with Crippen molar-refractivity contribution >= 4 is 22.2 Å². The standard InChI is InChI=1S/C7H7O3.3C4H9.Sn/c1-2-6(8-3-1)7-9-4-5-10-7;3*1-3-4-2;/h1-2,7H,4-5H2;3*1,3-4H2,2H3;/i;;;;1-59. The molecule has 23 heavy (non-hydrogen) atoms. The van der Waals surface area contributed by atoms with Gasteiger partial charge in [0.1, 0.15) is 0 Å². The van der Waals surface area contributed by atoms with Crippen LogP contribution in [0, 0.1) is 0 Å². The molecule has 0 N–H and O–H groups in total. The molecule has 132 valence electrons. The number of ether oxygens (including phenoxy) is 2. The molecule has 1 saturated heterocycles. The van der Waals surface area contributed by atoms with E-state index < -0.39 is 18.4 Å². The zero-order valence-electron chi connectivity index (χ0n) is 15.2. The molecule has 1 aromatic heterocycles. The van der Waals surface area contributed by atoms with Gasteiger partial charge in [0.15, 0.2) is 0 Å². The Morgan fingerprint density at radius 1 is 0.870 bits per heavy atom. The molecule has 1 aliphatic heterocycles. The van der Waals surface area contributed by atoms with Gasteiger partial charge in [0, 0.05) is 0 Å². The Morgan fingerprint density at radius 2 is 1.39 bits per heavy atom. The van der Waals surface area contributed by atoms with Crippen molar-refractivity contribution in [2.75, 3.05) is 13.2 Å². The quantitative estimate of drug-likeness (QED) is 0.490. The van der Waals surface area contributed by atoms with Gasteiger partial charge in [0.2, 0.25) is 0 Å². The van der Waals surface area contributed by atoms with Gasteiger partial charge in [-0.05, 0) is 0 Å². The Hall–Kier alpha value is -0.00130. The van der Waals surface area contributed by atoms with Gasteiger partial charge in [-0.25, -0.2) is 0 Å². The van der Waals surface area contributed by atoms with Crippen LogP contribution in [0.1, 0.15) is 71.3 Å². The van der Waals surface area contributed by atoms with Crippen LogP contribution in [0.4, 0.5) is 0 Å². The van der Waals surface area contributed by atoms with E-state index in [1.165, 1.54) is 55.6 Å². The molecule has 0 aliphatic carbocycles. The Labute approximate surface area is 146 Å². The Kier molecular flexibility index (Phi) is 8.48. The van der Waals surface area contributed by atoms with Gasteiger partial charge in [0.25, 0.3) is 0 Å². The molecule has 0 aromatic carbocycles. The predicted molar refractivity (Wildman–Crippen MR) is 97.9 cm³/mol. The van der Waals surface area contributed by atoms with Crippen LogP contribution < -0.4 is 3.78 Å². The number of furan rings is 1. The molecular weight excluding hydrogens is 336 g/mol. The molecule has 0 saturated carbocycles. The summed E-state index contributed by atoms with van der Waals surface area (Å²) in [5.41, 5.74) is 0. The van der Waals surface area contributed by atoms with E-state index in [-0.39, 0.29) is 6.29 Å². The third-order valence-corrected chi connectivity index (χ3v) is 20.0. The summed E-state index contributed by atoms with van der Waals surface area (Å²) in [6.45, 7) is 8.28. The van der Waals surface area contributed by atoms with Gasteiger partial charge in [-0.3, -0.25) is 0 Å². The van der Waals surface area contributed by atoms with E-state index in [0.29, 0.717) is 13.2 Å². The van der Waals surface area contributed by atoms with Crippen LogP contribution in [0.3, 0.4) is 0 Å². The molecule has 2 rings (SSSR count). The summed E-state index contributed by atoms with van der Waals surface area (Å²) in [6, 6.07) is 4.39. The van der Waals surface area contributed by atoms with Crippen molar-refractivity contribution in [3.63, 3.8) is 0 Å². The Morgan fingerprint density at radius 3 is 1.87 bits per heavy atom. The fourth-order valence-corrected chi connectivity index (χ4v) is 18.9. The third-order valence-electron chi connectivity index (χ3n) is 5.03. The third kappa shape index (κ3) is 5.23. The van der Waals surface area contributed by atoms with Gasteiger partial charge >= 0.3 is 146 Å². The maximum atomic E-state index is 6.37. The zero-order valence-corrected chi connectivity index (χ0v) is 18.1. The van der Waals surface area contributed by atoms with Gasteiger partial charge < -0.3 is 0 Å². The monoisotopic (exact) mass is 370 g/mol. The second kappa shape index (κ2) is 10.1. The summed E-state index contributed by atoms with van der Waals surface area (Å²) >= 11 is -2.43. The summed E-state index contributed by atoms with van der Waals surface area (Å²) in [4.78, 5) is 0. The van der Waals surface area contributed by atoms with Crippen molar-refractivity contribution in [1.82, 2.24) is 0 Å². The van der Waals surface area contributed by atoms with Gasteiger partial charge in [-0.1, -0.05) is 0 Å². The van der Waals surface area contributed by atoms with E-state index in [1.807, 2.05) is 0 Å². The van der Waals surface area contributed by atoms with Crippen LogP contribution >= 0.6 is 0 Å². The summed E-state index contributed by atoms with van der Waals surface area (Å²) in [7, 11) is 0. The molecule has 0 amide bonds. The first-order chi connectivity index (χ1) is 11.3. The fourth-order valence-electron chi connectivity index (χ4n) is 3.58. The first-order valence-corrected chi connectivity index (χ1v) is 17.1. The summed E-state index contributed by atoms with van der Waals surface area (Å²) in [5, 5.41) is 0. The first kappa shape index (κ1) is 19.3. The molecule has 0 bridgehead atoms. The van der Waals surface area contributed by atoms with Crippen LogP contribution in [0.15, 0.2) is 16.5 Å². The van der Waals surface area contributed by atoms with Crippen LogP contribution in [0.2, 0.25) is 13.3 Å². The van der Waals surface area contributed by atoms with Crippen LogP contribution in [0.25, 0.3) is 0 Å². The van der Waals surface area contributed by atoms with Crippen molar-refractivity contribution in [2.45, 2.75) is 78.9 Å². The molecule has 1 fully saturated rings. The maximum absolute atomic E-state index is 6.37. The van der Waals surface area contributed by atoms with Gasteiger partial charge in [0.05, 0.1) is 0 Å². The van der Waals surface area contributed by atoms with E-state index >= 15 is 0 Å². The number of hydrogen-bond donors (Lipinski definition) is 0. The molecule has 3 nitrogen and oxygen atoms in total. The second-order valence-electron chi connectivity index (χ2n) is 6.87. The molecule has 1 aromatic rings. The number of hydrogen-bond acceptors (Lipinski definition) is 3. The Balaban J connectivity index is 2.21. The van der Waals surface area contributed by atoms with Crippen LogP contribution in [-0.4, -0.2) is 31.6 Å². The SMILES string of the molecule is CCC[CH2][60Sn]([CH2]CCC)([CH2]CCC)[c]1ccc(C2OCCO2)o1. The second-order valence-corrected chi connectivity index (χ2v) is 19.9. The van der Waals surface area contributed by atoms with E-state index in [4.69, 9.17) is 13.9 Å². The first-order valence-electron chi connectivity index (χ1n) is 9.59. The number of unbranched alkanes of at least 4 members (excludes halogenated alkanes) is 3. The van der Waals surface area contributed by atoms with E-state index in [2.05, 4.69) is 32.9 Å². The molecule has 1 aliphatic rings. The van der Waals surface area contributed by atoms with Gasteiger partial charge in [-0.2, -0.15) is 0 Å². The zero-order chi connectivity index (χ0) is 16.5. The average Bonchev–Trinajstić information content (AvgIpc) is 3.25. The average molecular weight is 370 g/mol. The number of rotatable bonds is 11. The topological polar surface area (TPSA) is 31.6 Å². The van der Waals surface area contributed by atoms with Crippen LogP contribution in [0.5, 0.6) is 0 Å². The minimum absolute atomic E-state index is 0.267. The van der Waals surface area contributed by atoms with Crippen molar-refractivity contribution in [3.05, 3.63) is 17.9 Å². The summed E-state index contributed by atoms with van der Waals surface area (Å²) in [6.07, 6.45) is 7.68. The van der Waals surface area contributed by atoms with Crippen molar-refractivity contribution < 1.29 is 13.9 Å². The van der Waals surface area contributed by atoms with Crippen molar-refractivity contribution in [2.24, 2.45) is 0 Å². The van der Waals surface area contributed by atoms with E-state index in [9.17, 15) is 0 Å². The normalized spacial score (nSPS) is 16.3. The molecular formula is C19H34O3Sn. The fraction of sp³-hybridized carbons (Fsp3) is 0.789. The molecule has 2 heterocycles. The van der Waals surface area contributed by atoms with Crippen LogP contribution in [-0.2, 0) is 9.47 Å². The molecule has 4 heteroatoms. The molecule has 0 unspecified atom stereocenters. The Bertz CT molecular complexity index is 416.